The molecule has 0 saturated heterocycles. The van der Waals surface area contributed by atoms with Crippen molar-refractivity contribution in [1.29, 1.82) is 5.26 Å². The summed E-state index contributed by atoms with van der Waals surface area (Å²) >= 11 is 5.87. The number of methoxy groups -OCH3 is 1. The van der Waals surface area contributed by atoms with E-state index in [1.54, 1.807) is 48.5 Å². The van der Waals surface area contributed by atoms with Gasteiger partial charge in [-0.25, -0.2) is 4.79 Å². The van der Waals surface area contributed by atoms with Crippen LogP contribution in [0.4, 0.5) is 0 Å². The molecule has 2 heterocycles. The van der Waals surface area contributed by atoms with Crippen LogP contribution in [0.5, 0.6) is 11.6 Å². The molecule has 0 spiro atoms. The van der Waals surface area contributed by atoms with Crippen LogP contribution >= 0.6 is 11.6 Å². The minimum atomic E-state index is -0.868. The van der Waals surface area contributed by atoms with E-state index in [-0.39, 0.29) is 17.0 Å². The zero-order chi connectivity index (χ0) is 19.4. The molecule has 1 aromatic carbocycles. The van der Waals surface area contributed by atoms with E-state index in [0.717, 1.165) is 13.2 Å². The molecule has 0 bridgehead atoms. The standard InChI is InChI=1S/C19H12ClN3O4/c1-26-19(25)12(11-21)10-15-17(27-14-7-5-13(20)6-8-14)22-16-4-2-3-9-23(16)18(15)24/h2-10H,1H3/b12-10+. The molecule has 3 aromatic rings. The summed E-state index contributed by atoms with van der Waals surface area (Å²) in [6.45, 7) is 0. The lowest BCUT2D eigenvalue weighted by molar-refractivity contribution is -0.135. The number of hydrogen-bond donors (Lipinski definition) is 0. The van der Waals surface area contributed by atoms with Crippen LogP contribution in [0, 0.1) is 11.3 Å². The Hall–Kier alpha value is -3.63. The summed E-state index contributed by atoms with van der Waals surface area (Å²) in [5.74, 6) is -0.532. The summed E-state index contributed by atoms with van der Waals surface area (Å²) < 4.78 is 11.6. The van der Waals surface area contributed by atoms with Gasteiger partial charge in [-0.05, 0) is 42.5 Å². The molecule has 0 unspecified atom stereocenters. The molecule has 0 N–H and O–H groups in total. The SMILES string of the molecule is COC(=O)/C(C#N)=C/c1c(Oc2ccc(Cl)cc2)nc2ccccn2c1=O. The molecular formula is C19H12ClN3O4. The van der Waals surface area contributed by atoms with Crippen molar-refractivity contribution in [2.75, 3.05) is 7.11 Å². The number of aromatic nitrogens is 2. The van der Waals surface area contributed by atoms with E-state index in [9.17, 15) is 14.9 Å². The number of carbonyl (C=O) groups is 1. The molecule has 0 aliphatic rings. The highest BCUT2D eigenvalue weighted by molar-refractivity contribution is 6.30. The topological polar surface area (TPSA) is 93.7 Å². The van der Waals surface area contributed by atoms with Crippen LogP contribution < -0.4 is 10.3 Å². The van der Waals surface area contributed by atoms with Gasteiger partial charge in [-0.3, -0.25) is 9.20 Å². The average molecular weight is 382 g/mol. The van der Waals surface area contributed by atoms with Crippen molar-refractivity contribution in [3.63, 3.8) is 0 Å². The quantitative estimate of drug-likeness (QED) is 0.391. The van der Waals surface area contributed by atoms with Crippen molar-refractivity contribution >= 4 is 29.3 Å². The van der Waals surface area contributed by atoms with Gasteiger partial charge in [-0.15, -0.1) is 0 Å². The van der Waals surface area contributed by atoms with E-state index in [0.29, 0.717) is 16.4 Å². The van der Waals surface area contributed by atoms with Crippen molar-refractivity contribution in [2.24, 2.45) is 0 Å². The molecule has 0 aliphatic heterocycles. The zero-order valence-electron chi connectivity index (χ0n) is 14.0. The lowest BCUT2D eigenvalue weighted by Gasteiger charge is -2.10. The minimum Gasteiger partial charge on any atom is -0.465 e. The Bertz CT molecular complexity index is 1140. The highest BCUT2D eigenvalue weighted by Gasteiger charge is 2.17. The summed E-state index contributed by atoms with van der Waals surface area (Å²) in [6.07, 6.45) is 2.63. The van der Waals surface area contributed by atoms with Crippen molar-refractivity contribution < 1.29 is 14.3 Å². The zero-order valence-corrected chi connectivity index (χ0v) is 14.8. The largest absolute Gasteiger partial charge is 0.465 e. The van der Waals surface area contributed by atoms with E-state index in [4.69, 9.17) is 16.3 Å². The van der Waals surface area contributed by atoms with Gasteiger partial charge in [0.25, 0.3) is 5.56 Å². The molecule has 2 aromatic heterocycles. The molecule has 27 heavy (non-hydrogen) atoms. The van der Waals surface area contributed by atoms with Gasteiger partial charge in [0.05, 0.1) is 7.11 Å². The maximum absolute atomic E-state index is 12.9. The van der Waals surface area contributed by atoms with E-state index in [1.807, 2.05) is 0 Å². The second-order valence-corrected chi connectivity index (χ2v) is 5.72. The van der Waals surface area contributed by atoms with Crippen molar-refractivity contribution in [3.05, 3.63) is 75.2 Å². The number of nitrogens with zero attached hydrogens (tertiary/aromatic N) is 3. The number of carbonyl (C=O) groups excluding carboxylic acids is 1. The number of esters is 1. The lowest BCUT2D eigenvalue weighted by atomic mass is 10.2. The maximum atomic E-state index is 12.9. The number of pyridine rings is 1. The summed E-state index contributed by atoms with van der Waals surface area (Å²) in [4.78, 5) is 28.9. The molecule has 0 aliphatic carbocycles. The summed E-state index contributed by atoms with van der Waals surface area (Å²) in [5, 5.41) is 9.72. The van der Waals surface area contributed by atoms with Gasteiger partial charge < -0.3 is 9.47 Å². The van der Waals surface area contributed by atoms with E-state index < -0.39 is 11.5 Å². The number of nitriles is 1. The second kappa shape index (κ2) is 7.72. The van der Waals surface area contributed by atoms with Crippen LogP contribution in [0.25, 0.3) is 11.7 Å². The molecular weight excluding hydrogens is 370 g/mol. The highest BCUT2D eigenvalue weighted by atomic mass is 35.5. The number of fused-ring (bicyclic) bond motifs is 1. The van der Waals surface area contributed by atoms with Crippen LogP contribution in [-0.2, 0) is 9.53 Å². The van der Waals surface area contributed by atoms with E-state index in [2.05, 4.69) is 9.72 Å². The van der Waals surface area contributed by atoms with E-state index in [1.165, 1.54) is 10.6 Å². The van der Waals surface area contributed by atoms with Gasteiger partial charge in [-0.1, -0.05) is 17.7 Å². The Kier molecular flexibility index (Phi) is 5.20. The average Bonchev–Trinajstić information content (AvgIpc) is 2.69. The summed E-state index contributed by atoms with van der Waals surface area (Å²) in [5.41, 5.74) is -0.565. The normalized spacial score (nSPS) is 11.1. The first-order valence-electron chi connectivity index (χ1n) is 7.68. The third-order valence-corrected chi connectivity index (χ3v) is 3.83. The Morgan fingerprint density at radius 3 is 2.67 bits per heavy atom. The smallest absolute Gasteiger partial charge is 0.348 e. The fourth-order valence-electron chi connectivity index (χ4n) is 2.29. The number of rotatable bonds is 4. The Morgan fingerprint density at radius 2 is 2.00 bits per heavy atom. The van der Waals surface area contributed by atoms with E-state index >= 15 is 0 Å². The number of ether oxygens (including phenoxy) is 2. The minimum absolute atomic E-state index is 0.0508. The van der Waals surface area contributed by atoms with Crippen LogP contribution in [0.2, 0.25) is 5.02 Å². The van der Waals surface area contributed by atoms with Gasteiger partial charge in [-0.2, -0.15) is 10.2 Å². The summed E-state index contributed by atoms with van der Waals surface area (Å²) in [6, 6.07) is 13.2. The van der Waals surface area contributed by atoms with Crippen molar-refractivity contribution in [1.82, 2.24) is 9.38 Å². The molecule has 0 atom stereocenters. The number of benzene rings is 1. The van der Waals surface area contributed by atoms with Gasteiger partial charge >= 0.3 is 5.97 Å². The first-order valence-corrected chi connectivity index (χ1v) is 8.06. The van der Waals surface area contributed by atoms with Crippen LogP contribution in [-0.4, -0.2) is 22.5 Å². The van der Waals surface area contributed by atoms with Gasteiger partial charge in [0.2, 0.25) is 5.88 Å². The first-order chi connectivity index (χ1) is 13.0. The third kappa shape index (κ3) is 3.81. The predicted octanol–water partition coefficient (Wildman–Crippen LogP) is 3.22. The fraction of sp³-hybridized carbons (Fsp3) is 0.0526. The number of halogens is 1. The van der Waals surface area contributed by atoms with Crippen molar-refractivity contribution in [3.8, 4) is 17.7 Å². The third-order valence-electron chi connectivity index (χ3n) is 3.58. The molecule has 0 amide bonds. The molecule has 7 nitrogen and oxygen atoms in total. The molecule has 8 heteroatoms. The van der Waals surface area contributed by atoms with Crippen molar-refractivity contribution in [2.45, 2.75) is 0 Å². The van der Waals surface area contributed by atoms with Gasteiger partial charge in [0.15, 0.2) is 0 Å². The molecule has 3 rings (SSSR count). The molecule has 0 radical (unpaired) electrons. The Balaban J connectivity index is 2.22. The van der Waals surface area contributed by atoms with Crippen LogP contribution in [0.1, 0.15) is 5.56 Å². The Labute approximate surface area is 158 Å². The predicted molar refractivity (Wildman–Crippen MR) is 98.6 cm³/mol. The lowest BCUT2D eigenvalue weighted by Crippen LogP contribution is -2.19. The van der Waals surface area contributed by atoms with Crippen LogP contribution in [0.15, 0.2) is 59.0 Å². The van der Waals surface area contributed by atoms with Gasteiger partial charge in [0.1, 0.15) is 28.6 Å². The molecule has 0 fully saturated rings. The first kappa shape index (κ1) is 18.2. The summed E-state index contributed by atoms with van der Waals surface area (Å²) in [7, 11) is 1.14. The maximum Gasteiger partial charge on any atom is 0.348 e. The molecule has 134 valence electrons. The van der Waals surface area contributed by atoms with Gasteiger partial charge in [0, 0.05) is 11.2 Å². The fourth-order valence-corrected chi connectivity index (χ4v) is 2.42. The molecule has 0 saturated carbocycles. The highest BCUT2D eigenvalue weighted by Crippen LogP contribution is 2.25. The van der Waals surface area contributed by atoms with Crippen LogP contribution in [0.3, 0.4) is 0 Å². The monoisotopic (exact) mass is 381 g/mol. The number of hydrogen-bond acceptors (Lipinski definition) is 6. The second-order valence-electron chi connectivity index (χ2n) is 5.28. The Morgan fingerprint density at radius 1 is 1.26 bits per heavy atom.